The van der Waals surface area contributed by atoms with Gasteiger partial charge in [0.25, 0.3) is 0 Å². The Morgan fingerprint density at radius 1 is 1.09 bits per heavy atom. The normalized spacial score (nSPS) is 22.7. The van der Waals surface area contributed by atoms with Crippen LogP contribution in [0.2, 0.25) is 0 Å². The number of aliphatic hydroxyl groups is 1. The number of nitrogens with zero attached hydrogens (tertiary/aromatic N) is 4. The van der Waals surface area contributed by atoms with E-state index in [9.17, 15) is 36.6 Å². The summed E-state index contributed by atoms with van der Waals surface area (Å²) in [5.74, 6) is -2.85. The third-order valence-electron chi connectivity index (χ3n) is 7.34. The number of rotatable bonds is 6. The number of amides is 2. The van der Waals surface area contributed by atoms with Gasteiger partial charge in [-0.2, -0.15) is 13.2 Å². The number of aromatic nitrogens is 1. The smallest absolute Gasteiger partial charge is 0.416 e. The standard InChI is InChI=1S/C29H36F5N5O4/c1-6-38(19-7-8-20(30)21(31)12-19)26(41)23-11-18(13-39(23)25-10-17(29(32,33)34)9-16(2)35-25)36-22-14-37(15-24(22)40)27(42)43-28(3,4)5/h7-10,12,18,22-24,36,40H,6,11,13-15H2,1-5H3/t18-,22+,23-,24+/m0/s1. The lowest BCUT2D eigenvalue weighted by Crippen LogP contribution is -2.46. The lowest BCUT2D eigenvalue weighted by Gasteiger charge is -2.30. The average molecular weight is 614 g/mol. The molecule has 1 aromatic heterocycles. The maximum Gasteiger partial charge on any atom is 0.416 e. The van der Waals surface area contributed by atoms with Crippen molar-refractivity contribution in [3.05, 3.63) is 53.2 Å². The topological polar surface area (TPSA) is 98.2 Å². The van der Waals surface area contributed by atoms with Gasteiger partial charge < -0.3 is 29.9 Å². The van der Waals surface area contributed by atoms with Crippen LogP contribution in [-0.4, -0.2) is 83.0 Å². The highest BCUT2D eigenvalue weighted by molar-refractivity contribution is 5.99. The van der Waals surface area contributed by atoms with Crippen LogP contribution in [-0.2, 0) is 15.7 Å². The molecule has 0 bridgehead atoms. The van der Waals surface area contributed by atoms with Crippen molar-refractivity contribution in [1.82, 2.24) is 15.2 Å². The van der Waals surface area contributed by atoms with E-state index in [1.54, 1.807) is 27.7 Å². The molecular weight excluding hydrogens is 577 g/mol. The van der Waals surface area contributed by atoms with Crippen LogP contribution < -0.4 is 15.1 Å². The highest BCUT2D eigenvalue weighted by atomic mass is 19.4. The summed E-state index contributed by atoms with van der Waals surface area (Å²) in [7, 11) is 0. The number of carbonyl (C=O) groups excluding carboxylic acids is 2. The largest absolute Gasteiger partial charge is 0.444 e. The molecule has 3 heterocycles. The zero-order valence-electron chi connectivity index (χ0n) is 24.6. The van der Waals surface area contributed by atoms with Gasteiger partial charge >= 0.3 is 12.3 Å². The first-order valence-electron chi connectivity index (χ1n) is 14.0. The van der Waals surface area contributed by atoms with Crippen LogP contribution in [0.5, 0.6) is 0 Å². The number of alkyl halides is 3. The van der Waals surface area contributed by atoms with Crippen LogP contribution in [0.4, 0.5) is 38.3 Å². The number of likely N-dealkylation sites (tertiary alicyclic amines) is 1. The molecule has 2 N–H and O–H groups in total. The van der Waals surface area contributed by atoms with E-state index >= 15 is 0 Å². The molecule has 2 aromatic rings. The molecule has 0 unspecified atom stereocenters. The Balaban J connectivity index is 1.62. The molecule has 14 heteroatoms. The van der Waals surface area contributed by atoms with Crippen molar-refractivity contribution in [1.29, 1.82) is 0 Å². The second-order valence-corrected chi connectivity index (χ2v) is 11.9. The van der Waals surface area contributed by atoms with Gasteiger partial charge in [-0.3, -0.25) is 4.79 Å². The lowest BCUT2D eigenvalue weighted by molar-refractivity contribution is -0.137. The van der Waals surface area contributed by atoms with Gasteiger partial charge in [-0.25, -0.2) is 18.6 Å². The van der Waals surface area contributed by atoms with Crippen LogP contribution in [0.25, 0.3) is 0 Å². The fourth-order valence-electron chi connectivity index (χ4n) is 5.43. The predicted octanol–water partition coefficient (Wildman–Crippen LogP) is 4.26. The molecule has 43 heavy (non-hydrogen) atoms. The van der Waals surface area contributed by atoms with Crippen molar-refractivity contribution in [2.45, 2.75) is 77.0 Å². The minimum absolute atomic E-state index is 0.0134. The Kier molecular flexibility index (Phi) is 9.21. The Labute approximate surface area is 246 Å². The molecule has 4 rings (SSSR count). The molecule has 2 saturated heterocycles. The Hall–Kier alpha value is -3.52. The van der Waals surface area contributed by atoms with Gasteiger partial charge in [0.2, 0.25) is 5.91 Å². The van der Waals surface area contributed by atoms with Gasteiger partial charge in [-0.05, 0) is 65.3 Å². The average Bonchev–Trinajstić information content (AvgIpc) is 3.48. The van der Waals surface area contributed by atoms with Crippen molar-refractivity contribution >= 4 is 23.5 Å². The number of hydrogen-bond donors (Lipinski definition) is 2. The van der Waals surface area contributed by atoms with Gasteiger partial charge in [0.15, 0.2) is 11.6 Å². The number of β-amino-alcohol motifs (C(OH)–C–C–N with tert-alkyl or cyclic N) is 1. The van der Waals surface area contributed by atoms with Crippen LogP contribution in [0.15, 0.2) is 30.3 Å². The number of hydrogen-bond acceptors (Lipinski definition) is 7. The summed E-state index contributed by atoms with van der Waals surface area (Å²) in [4.78, 5) is 34.8. The van der Waals surface area contributed by atoms with Gasteiger partial charge in [0, 0.05) is 43.1 Å². The summed E-state index contributed by atoms with van der Waals surface area (Å²) in [5.41, 5.74) is -1.47. The summed E-state index contributed by atoms with van der Waals surface area (Å²) in [6.07, 6.45) is -6.10. The van der Waals surface area contributed by atoms with E-state index < -0.39 is 65.2 Å². The molecule has 236 valence electrons. The maximum atomic E-state index is 14.1. The number of benzene rings is 1. The Morgan fingerprint density at radius 3 is 2.40 bits per heavy atom. The summed E-state index contributed by atoms with van der Waals surface area (Å²) in [5, 5.41) is 14.0. The molecule has 0 radical (unpaired) electrons. The Morgan fingerprint density at radius 2 is 1.79 bits per heavy atom. The number of carbonyl (C=O) groups is 2. The summed E-state index contributed by atoms with van der Waals surface area (Å²) < 4.78 is 74.1. The van der Waals surface area contributed by atoms with Gasteiger partial charge in [0.05, 0.1) is 24.3 Å². The van der Waals surface area contributed by atoms with Crippen molar-refractivity contribution in [3.63, 3.8) is 0 Å². The van der Waals surface area contributed by atoms with Gasteiger partial charge in [-0.1, -0.05) is 0 Å². The van der Waals surface area contributed by atoms with Crippen LogP contribution in [0.3, 0.4) is 0 Å². The molecule has 0 aliphatic carbocycles. The fraction of sp³-hybridized carbons (Fsp3) is 0.552. The monoisotopic (exact) mass is 613 g/mol. The Bertz CT molecular complexity index is 1350. The molecule has 2 aliphatic heterocycles. The van der Waals surface area contributed by atoms with E-state index in [0.717, 1.165) is 24.3 Å². The van der Waals surface area contributed by atoms with E-state index in [-0.39, 0.29) is 49.8 Å². The predicted molar refractivity (Wildman–Crippen MR) is 149 cm³/mol. The molecular formula is C29H36F5N5O4. The van der Waals surface area contributed by atoms with Crippen molar-refractivity contribution in [2.75, 3.05) is 36.0 Å². The molecule has 4 atom stereocenters. The van der Waals surface area contributed by atoms with Crippen molar-refractivity contribution in [3.8, 4) is 0 Å². The van der Waals surface area contributed by atoms with Crippen LogP contribution in [0.1, 0.15) is 45.4 Å². The third kappa shape index (κ3) is 7.53. The molecule has 0 saturated carbocycles. The highest BCUT2D eigenvalue weighted by Gasteiger charge is 2.44. The van der Waals surface area contributed by atoms with Crippen molar-refractivity contribution in [2.24, 2.45) is 0 Å². The number of nitrogens with one attached hydrogen (secondary N) is 1. The third-order valence-corrected chi connectivity index (χ3v) is 7.34. The van der Waals surface area contributed by atoms with Gasteiger partial charge in [-0.15, -0.1) is 0 Å². The van der Waals surface area contributed by atoms with E-state index in [1.807, 2.05) is 0 Å². The molecule has 1 aromatic carbocycles. The molecule has 9 nitrogen and oxygen atoms in total. The second-order valence-electron chi connectivity index (χ2n) is 11.9. The zero-order valence-corrected chi connectivity index (χ0v) is 24.6. The number of ether oxygens (including phenoxy) is 1. The quantitative estimate of drug-likeness (QED) is 0.470. The van der Waals surface area contributed by atoms with E-state index in [1.165, 1.54) is 27.7 Å². The zero-order chi connectivity index (χ0) is 31.9. The molecule has 0 spiro atoms. The van der Waals surface area contributed by atoms with E-state index in [0.29, 0.717) is 0 Å². The summed E-state index contributed by atoms with van der Waals surface area (Å²) in [6.45, 7) is 8.48. The van der Waals surface area contributed by atoms with Crippen molar-refractivity contribution < 1.29 is 41.4 Å². The minimum Gasteiger partial charge on any atom is -0.444 e. The summed E-state index contributed by atoms with van der Waals surface area (Å²) in [6, 6.07) is 2.68. The number of anilines is 2. The molecule has 2 fully saturated rings. The fourth-order valence-corrected chi connectivity index (χ4v) is 5.43. The molecule has 2 amide bonds. The van der Waals surface area contributed by atoms with Gasteiger partial charge in [0.1, 0.15) is 17.5 Å². The minimum atomic E-state index is -4.65. The van der Waals surface area contributed by atoms with Crippen LogP contribution >= 0.6 is 0 Å². The van der Waals surface area contributed by atoms with E-state index in [2.05, 4.69) is 10.3 Å². The first kappa shape index (κ1) is 32.4. The first-order valence-corrected chi connectivity index (χ1v) is 14.0. The number of aryl methyl sites for hydroxylation is 1. The lowest BCUT2D eigenvalue weighted by atomic mass is 10.1. The number of likely N-dealkylation sites (N-methyl/N-ethyl adjacent to an activating group) is 1. The van der Waals surface area contributed by atoms with E-state index in [4.69, 9.17) is 4.74 Å². The number of aliphatic hydroxyl groups excluding tert-OH is 1. The highest BCUT2D eigenvalue weighted by Crippen LogP contribution is 2.35. The summed E-state index contributed by atoms with van der Waals surface area (Å²) >= 11 is 0. The molecule has 2 aliphatic rings. The SMILES string of the molecule is CCN(C(=O)[C@@H]1C[C@H](N[C@@H]2CN(C(=O)OC(C)(C)C)C[C@H]2O)CN1c1cc(C(F)(F)F)cc(C)n1)c1ccc(F)c(F)c1. The maximum absolute atomic E-state index is 14.1. The number of pyridine rings is 1. The second kappa shape index (κ2) is 12.2. The number of halogens is 5. The van der Waals surface area contributed by atoms with Crippen LogP contribution in [0, 0.1) is 18.6 Å². The first-order chi connectivity index (χ1) is 20.0.